The lowest BCUT2D eigenvalue weighted by Crippen LogP contribution is -2.44. The molecule has 2 aromatic carbocycles. The average molecular weight is 548 g/mol. The number of nitrogens with zero attached hydrogens (tertiary/aromatic N) is 3. The van der Waals surface area contributed by atoms with Gasteiger partial charge in [0.15, 0.2) is 0 Å². The van der Waals surface area contributed by atoms with Crippen LogP contribution in [0.2, 0.25) is 0 Å². The van der Waals surface area contributed by atoms with E-state index in [0.29, 0.717) is 18.8 Å². The standard InChI is InChI=1S/C17H16N6O.2C2HF3O2/c24-17(15-9-12-3-1-2-4-13(12)10-18-15)19-14-7-5-11(6-8-14)16-20-22-23-21-16;2*3-2(4,5)1(6)7/h1-8,15,18H,9-10H2,(H,19,24)(H,20,21,22,23);2*(H,6,7)/t15-;;/m1../s1. The van der Waals surface area contributed by atoms with Crippen LogP contribution in [0.15, 0.2) is 48.5 Å². The Labute approximate surface area is 208 Å². The topological polar surface area (TPSA) is 170 Å². The zero-order chi connectivity index (χ0) is 28.5. The maximum absolute atomic E-state index is 12.5. The molecule has 0 spiro atoms. The van der Waals surface area contributed by atoms with Crippen molar-refractivity contribution in [3.8, 4) is 11.4 Å². The molecule has 0 bridgehead atoms. The molecule has 0 saturated carbocycles. The monoisotopic (exact) mass is 548 g/mol. The fourth-order valence-corrected chi connectivity index (χ4v) is 2.86. The second-order valence-corrected chi connectivity index (χ2v) is 7.31. The van der Waals surface area contributed by atoms with E-state index in [-0.39, 0.29) is 11.9 Å². The zero-order valence-corrected chi connectivity index (χ0v) is 18.8. The summed E-state index contributed by atoms with van der Waals surface area (Å²) in [5.41, 5.74) is 4.06. The summed E-state index contributed by atoms with van der Waals surface area (Å²) < 4.78 is 63.5. The van der Waals surface area contributed by atoms with E-state index >= 15 is 0 Å². The van der Waals surface area contributed by atoms with Crippen LogP contribution in [0.3, 0.4) is 0 Å². The lowest BCUT2D eigenvalue weighted by molar-refractivity contribution is -0.193. The summed E-state index contributed by atoms with van der Waals surface area (Å²) in [5.74, 6) is -5.02. The first-order valence-electron chi connectivity index (χ1n) is 10.2. The molecular weight excluding hydrogens is 530 g/mol. The van der Waals surface area contributed by atoms with E-state index in [0.717, 1.165) is 11.3 Å². The van der Waals surface area contributed by atoms with Gasteiger partial charge in [0, 0.05) is 17.8 Å². The smallest absolute Gasteiger partial charge is 0.475 e. The summed E-state index contributed by atoms with van der Waals surface area (Å²) in [6.07, 6.45) is -9.47. The highest BCUT2D eigenvalue weighted by atomic mass is 19.4. The van der Waals surface area contributed by atoms with Crippen molar-refractivity contribution < 1.29 is 50.9 Å². The summed E-state index contributed by atoms with van der Waals surface area (Å²) in [4.78, 5) is 30.3. The molecule has 0 aliphatic carbocycles. The number of carboxylic acid groups (broad SMARTS) is 2. The van der Waals surface area contributed by atoms with Crippen LogP contribution in [0.4, 0.5) is 32.0 Å². The number of hydrogen-bond acceptors (Lipinski definition) is 7. The molecule has 1 aliphatic heterocycles. The summed E-state index contributed by atoms with van der Waals surface area (Å²) in [7, 11) is 0. The minimum atomic E-state index is -5.08. The number of hydrogen-bond donors (Lipinski definition) is 5. The molecule has 11 nitrogen and oxygen atoms in total. The van der Waals surface area contributed by atoms with E-state index < -0.39 is 24.3 Å². The lowest BCUT2D eigenvalue weighted by atomic mass is 9.95. The van der Waals surface area contributed by atoms with Crippen LogP contribution in [0.1, 0.15) is 11.1 Å². The molecule has 5 N–H and O–H groups in total. The molecule has 1 aromatic heterocycles. The highest BCUT2D eigenvalue weighted by Gasteiger charge is 2.38. The molecule has 17 heteroatoms. The van der Waals surface area contributed by atoms with Crippen molar-refractivity contribution in [3.63, 3.8) is 0 Å². The zero-order valence-electron chi connectivity index (χ0n) is 18.8. The highest BCUT2D eigenvalue weighted by Crippen LogP contribution is 2.20. The summed E-state index contributed by atoms with van der Waals surface area (Å²) in [6, 6.07) is 15.3. The van der Waals surface area contributed by atoms with Crippen LogP contribution in [0.5, 0.6) is 0 Å². The number of tetrazole rings is 1. The first-order valence-corrected chi connectivity index (χ1v) is 10.2. The predicted molar refractivity (Wildman–Crippen MR) is 116 cm³/mol. The summed E-state index contributed by atoms with van der Waals surface area (Å²) in [6.45, 7) is 0.713. The molecular formula is C21H18F6N6O5. The van der Waals surface area contributed by atoms with E-state index in [1.54, 1.807) is 0 Å². The van der Waals surface area contributed by atoms with Crippen LogP contribution < -0.4 is 10.6 Å². The van der Waals surface area contributed by atoms with Gasteiger partial charge in [-0.1, -0.05) is 24.3 Å². The number of benzene rings is 2. The number of amides is 1. The Morgan fingerprint density at radius 1 is 0.868 bits per heavy atom. The van der Waals surface area contributed by atoms with Crippen LogP contribution in [0, 0.1) is 0 Å². The van der Waals surface area contributed by atoms with E-state index in [1.165, 1.54) is 11.1 Å². The number of nitrogens with one attached hydrogen (secondary N) is 3. The van der Waals surface area contributed by atoms with Crippen LogP contribution in [0.25, 0.3) is 11.4 Å². The predicted octanol–water partition coefficient (Wildman–Crippen LogP) is 2.79. The summed E-state index contributed by atoms with van der Waals surface area (Å²) in [5, 5.41) is 34.3. The third kappa shape index (κ3) is 9.16. The Bertz CT molecular complexity index is 1210. The Balaban J connectivity index is 0.000000301. The van der Waals surface area contributed by atoms with Gasteiger partial charge in [-0.3, -0.25) is 4.79 Å². The van der Waals surface area contributed by atoms with E-state index in [1.807, 2.05) is 36.4 Å². The molecule has 38 heavy (non-hydrogen) atoms. The molecule has 3 aromatic rings. The Morgan fingerprint density at radius 2 is 1.39 bits per heavy atom. The lowest BCUT2D eigenvalue weighted by Gasteiger charge is -2.25. The fourth-order valence-electron chi connectivity index (χ4n) is 2.86. The van der Waals surface area contributed by atoms with Crippen molar-refractivity contribution in [3.05, 3.63) is 59.7 Å². The normalized spacial score (nSPS) is 14.5. The van der Waals surface area contributed by atoms with Gasteiger partial charge in [-0.25, -0.2) is 9.59 Å². The molecule has 1 aliphatic rings. The van der Waals surface area contributed by atoms with Gasteiger partial charge in [0.2, 0.25) is 11.7 Å². The Morgan fingerprint density at radius 3 is 1.87 bits per heavy atom. The molecule has 0 unspecified atom stereocenters. The van der Waals surface area contributed by atoms with Crippen LogP contribution in [-0.4, -0.2) is 67.1 Å². The number of carbonyl (C=O) groups excluding carboxylic acids is 1. The molecule has 1 amide bonds. The number of anilines is 1. The highest BCUT2D eigenvalue weighted by molar-refractivity contribution is 5.95. The minimum Gasteiger partial charge on any atom is -0.475 e. The quantitative estimate of drug-likeness (QED) is 0.309. The third-order valence-electron chi connectivity index (χ3n) is 4.64. The van der Waals surface area contributed by atoms with E-state index in [9.17, 15) is 31.1 Å². The molecule has 4 rings (SSSR count). The molecule has 0 fully saturated rings. The van der Waals surface area contributed by atoms with Gasteiger partial charge in [0.05, 0.1) is 6.04 Å². The first kappa shape index (κ1) is 29.7. The Kier molecular flexibility index (Phi) is 9.86. The molecule has 204 valence electrons. The number of H-pyrrole nitrogens is 1. The number of aromatic nitrogens is 4. The number of alkyl halides is 6. The van der Waals surface area contributed by atoms with E-state index in [4.69, 9.17) is 19.8 Å². The molecule has 0 saturated heterocycles. The van der Waals surface area contributed by atoms with Crippen LogP contribution in [-0.2, 0) is 27.3 Å². The maximum atomic E-state index is 12.5. The van der Waals surface area contributed by atoms with E-state index in [2.05, 4.69) is 43.4 Å². The van der Waals surface area contributed by atoms with Crippen molar-refractivity contribution in [2.45, 2.75) is 31.4 Å². The third-order valence-corrected chi connectivity index (χ3v) is 4.64. The van der Waals surface area contributed by atoms with Gasteiger partial charge >= 0.3 is 24.3 Å². The first-order chi connectivity index (χ1) is 17.7. The number of rotatable bonds is 3. The second kappa shape index (κ2) is 12.6. The van der Waals surface area contributed by atoms with Crippen molar-refractivity contribution >= 4 is 23.5 Å². The van der Waals surface area contributed by atoms with Crippen molar-refractivity contribution in [2.24, 2.45) is 0 Å². The van der Waals surface area contributed by atoms with Gasteiger partial charge in [-0.05, 0) is 47.0 Å². The maximum Gasteiger partial charge on any atom is 0.490 e. The largest absolute Gasteiger partial charge is 0.490 e. The SMILES string of the molecule is O=C(Nc1ccc(-c2nn[nH]n2)cc1)[C@H]1Cc2ccccc2CN1.O=C(O)C(F)(F)F.O=C(O)C(F)(F)F. The average Bonchev–Trinajstić information content (AvgIpc) is 3.39. The van der Waals surface area contributed by atoms with Crippen molar-refractivity contribution in [1.29, 1.82) is 0 Å². The van der Waals surface area contributed by atoms with Gasteiger partial charge in [-0.15, -0.1) is 10.2 Å². The number of carboxylic acids is 2. The molecule has 2 heterocycles. The number of aromatic amines is 1. The minimum absolute atomic E-state index is 0.0307. The number of fused-ring (bicyclic) bond motifs is 1. The number of carbonyl (C=O) groups is 3. The van der Waals surface area contributed by atoms with Gasteiger partial charge in [0.1, 0.15) is 0 Å². The van der Waals surface area contributed by atoms with Crippen molar-refractivity contribution in [1.82, 2.24) is 25.9 Å². The van der Waals surface area contributed by atoms with Gasteiger partial charge < -0.3 is 20.8 Å². The van der Waals surface area contributed by atoms with Gasteiger partial charge in [-0.2, -0.15) is 31.6 Å². The van der Waals surface area contributed by atoms with Crippen LogP contribution >= 0.6 is 0 Å². The summed E-state index contributed by atoms with van der Waals surface area (Å²) >= 11 is 0. The Hall–Kier alpha value is -4.54. The number of aliphatic carboxylic acids is 2. The fraction of sp³-hybridized carbons (Fsp3) is 0.238. The molecule has 0 radical (unpaired) electrons. The van der Waals surface area contributed by atoms with Crippen molar-refractivity contribution in [2.75, 3.05) is 5.32 Å². The second-order valence-electron chi connectivity index (χ2n) is 7.31. The molecule has 1 atom stereocenters. The number of halogens is 6. The van der Waals surface area contributed by atoms with Gasteiger partial charge in [0.25, 0.3) is 0 Å².